The predicted molar refractivity (Wildman–Crippen MR) is 124 cm³/mol. The Balaban J connectivity index is 1.33. The third kappa shape index (κ3) is 5.46. The molecule has 1 heterocycles. The first-order valence-corrected chi connectivity index (χ1v) is 10.2. The number of carbonyl (C=O) groups is 1. The van der Waals surface area contributed by atoms with Gasteiger partial charge in [-0.3, -0.25) is 9.59 Å². The van der Waals surface area contributed by atoms with E-state index < -0.39 is 0 Å². The van der Waals surface area contributed by atoms with Gasteiger partial charge >= 0.3 is 0 Å². The SMILES string of the molecule is O=C(CCc1nc2ccccc2[nH]c1=O)N/N=C/c1ccccc1OCc1ccccc1. The summed E-state index contributed by atoms with van der Waals surface area (Å²) in [7, 11) is 0. The largest absolute Gasteiger partial charge is 0.488 e. The number of rotatable bonds is 8. The van der Waals surface area contributed by atoms with Gasteiger partial charge in [-0.25, -0.2) is 10.4 Å². The van der Waals surface area contributed by atoms with Crippen LogP contribution in [0.2, 0.25) is 0 Å². The zero-order chi connectivity index (χ0) is 22.2. The van der Waals surface area contributed by atoms with E-state index in [2.05, 4.69) is 20.5 Å². The smallest absolute Gasteiger partial charge is 0.270 e. The Hall–Kier alpha value is -4.26. The molecule has 0 aliphatic carbocycles. The van der Waals surface area contributed by atoms with Gasteiger partial charge in [0.1, 0.15) is 18.1 Å². The highest BCUT2D eigenvalue weighted by Gasteiger charge is 2.08. The molecule has 0 atom stereocenters. The summed E-state index contributed by atoms with van der Waals surface area (Å²) in [5.74, 6) is 0.361. The molecule has 0 fully saturated rings. The quantitative estimate of drug-likeness (QED) is 0.332. The lowest BCUT2D eigenvalue weighted by Crippen LogP contribution is -2.21. The number of aromatic nitrogens is 2. The van der Waals surface area contributed by atoms with E-state index in [1.807, 2.05) is 72.8 Å². The van der Waals surface area contributed by atoms with Crippen molar-refractivity contribution in [2.45, 2.75) is 19.4 Å². The van der Waals surface area contributed by atoms with Crippen LogP contribution in [0.1, 0.15) is 23.2 Å². The number of nitrogens with one attached hydrogen (secondary N) is 2. The van der Waals surface area contributed by atoms with Crippen LogP contribution in [0.3, 0.4) is 0 Å². The van der Waals surface area contributed by atoms with Crippen molar-refractivity contribution in [3.05, 3.63) is 106 Å². The van der Waals surface area contributed by atoms with Gasteiger partial charge in [-0.05, 0) is 29.8 Å². The third-order valence-electron chi connectivity index (χ3n) is 4.81. The number of aryl methyl sites for hydroxylation is 1. The van der Waals surface area contributed by atoms with Gasteiger partial charge in [0.25, 0.3) is 5.56 Å². The van der Waals surface area contributed by atoms with E-state index in [0.717, 1.165) is 11.1 Å². The van der Waals surface area contributed by atoms with E-state index in [9.17, 15) is 9.59 Å². The number of ether oxygens (including phenoxy) is 1. The number of amides is 1. The minimum absolute atomic E-state index is 0.0952. The Morgan fingerprint density at radius 3 is 2.62 bits per heavy atom. The predicted octanol–water partition coefficient (Wildman–Crippen LogP) is 3.59. The molecule has 0 unspecified atom stereocenters. The summed E-state index contributed by atoms with van der Waals surface area (Å²) in [4.78, 5) is 31.5. The van der Waals surface area contributed by atoms with Crippen LogP contribution in [0.15, 0.2) is 88.8 Å². The van der Waals surface area contributed by atoms with E-state index in [-0.39, 0.29) is 24.3 Å². The molecule has 1 aromatic heterocycles. The number of fused-ring (bicyclic) bond motifs is 1. The van der Waals surface area contributed by atoms with Crippen LogP contribution < -0.4 is 15.7 Å². The maximum Gasteiger partial charge on any atom is 0.270 e. The standard InChI is InChI=1S/C25H22N4O3/c30-24(15-14-22-25(31)28-21-12-6-5-11-20(21)27-22)29-26-16-19-10-4-7-13-23(19)32-17-18-8-2-1-3-9-18/h1-13,16H,14-15,17H2,(H,28,31)(H,29,30)/b26-16+. The minimum atomic E-state index is -0.307. The van der Waals surface area contributed by atoms with Crippen molar-refractivity contribution in [3.8, 4) is 5.75 Å². The summed E-state index contributed by atoms with van der Waals surface area (Å²) in [6.45, 7) is 0.436. The fourth-order valence-electron chi connectivity index (χ4n) is 3.15. The summed E-state index contributed by atoms with van der Waals surface area (Å²) in [6.07, 6.45) is 1.86. The molecule has 3 aromatic carbocycles. The summed E-state index contributed by atoms with van der Waals surface area (Å²) < 4.78 is 5.88. The molecular formula is C25H22N4O3. The lowest BCUT2D eigenvalue weighted by atomic mass is 10.2. The molecule has 32 heavy (non-hydrogen) atoms. The molecule has 0 saturated heterocycles. The molecule has 160 valence electrons. The Bertz CT molecular complexity index is 1300. The number of hydrogen-bond acceptors (Lipinski definition) is 5. The molecule has 7 nitrogen and oxygen atoms in total. The Kier molecular flexibility index (Phi) is 6.67. The molecule has 2 N–H and O–H groups in total. The molecule has 4 aromatic rings. The van der Waals surface area contributed by atoms with Crippen LogP contribution in [0, 0.1) is 0 Å². The van der Waals surface area contributed by atoms with Crippen LogP contribution in [-0.2, 0) is 17.8 Å². The van der Waals surface area contributed by atoms with E-state index >= 15 is 0 Å². The van der Waals surface area contributed by atoms with Gasteiger partial charge in [0.15, 0.2) is 0 Å². The lowest BCUT2D eigenvalue weighted by Gasteiger charge is -2.09. The number of hydrogen-bond donors (Lipinski definition) is 2. The number of hydrazone groups is 1. The lowest BCUT2D eigenvalue weighted by molar-refractivity contribution is -0.121. The number of benzene rings is 3. The summed E-state index contributed by atoms with van der Waals surface area (Å²) >= 11 is 0. The van der Waals surface area contributed by atoms with Gasteiger partial charge in [-0.1, -0.05) is 54.6 Å². The van der Waals surface area contributed by atoms with Gasteiger partial charge in [-0.15, -0.1) is 0 Å². The molecule has 0 aliphatic heterocycles. The van der Waals surface area contributed by atoms with E-state index in [1.54, 1.807) is 12.3 Å². The van der Waals surface area contributed by atoms with Crippen LogP contribution in [0.25, 0.3) is 11.0 Å². The van der Waals surface area contributed by atoms with Gasteiger partial charge in [0.2, 0.25) is 5.91 Å². The monoisotopic (exact) mass is 426 g/mol. The molecule has 0 saturated carbocycles. The highest BCUT2D eigenvalue weighted by Crippen LogP contribution is 2.17. The maximum absolute atomic E-state index is 12.2. The minimum Gasteiger partial charge on any atom is -0.488 e. The Labute approximate surface area is 184 Å². The zero-order valence-electron chi connectivity index (χ0n) is 17.3. The number of aromatic amines is 1. The van der Waals surface area contributed by atoms with E-state index in [4.69, 9.17) is 4.74 Å². The number of nitrogens with zero attached hydrogens (tertiary/aromatic N) is 2. The van der Waals surface area contributed by atoms with Crippen molar-refractivity contribution < 1.29 is 9.53 Å². The van der Waals surface area contributed by atoms with Crippen LogP contribution in [0.5, 0.6) is 5.75 Å². The zero-order valence-corrected chi connectivity index (χ0v) is 17.3. The van der Waals surface area contributed by atoms with Crippen molar-refractivity contribution in [1.29, 1.82) is 0 Å². The molecule has 0 spiro atoms. The fourth-order valence-corrected chi connectivity index (χ4v) is 3.15. The summed E-state index contributed by atoms with van der Waals surface area (Å²) in [6, 6.07) is 24.6. The molecule has 0 aliphatic rings. The highest BCUT2D eigenvalue weighted by atomic mass is 16.5. The first-order chi connectivity index (χ1) is 15.7. The average molecular weight is 426 g/mol. The Morgan fingerprint density at radius 2 is 1.75 bits per heavy atom. The fraction of sp³-hybridized carbons (Fsp3) is 0.120. The van der Waals surface area contributed by atoms with Crippen molar-refractivity contribution in [2.24, 2.45) is 5.10 Å². The second-order valence-electron chi connectivity index (χ2n) is 7.14. The molecule has 4 rings (SSSR count). The molecule has 1 amide bonds. The highest BCUT2D eigenvalue weighted by molar-refractivity contribution is 5.85. The first kappa shape index (κ1) is 21.0. The van der Waals surface area contributed by atoms with Gasteiger partial charge in [0.05, 0.1) is 17.2 Å². The third-order valence-corrected chi connectivity index (χ3v) is 4.81. The number of H-pyrrole nitrogens is 1. The van der Waals surface area contributed by atoms with Crippen LogP contribution >= 0.6 is 0 Å². The summed E-state index contributed by atoms with van der Waals surface area (Å²) in [5, 5.41) is 4.03. The van der Waals surface area contributed by atoms with Crippen LogP contribution in [0.4, 0.5) is 0 Å². The first-order valence-electron chi connectivity index (χ1n) is 10.2. The van der Waals surface area contributed by atoms with E-state index in [0.29, 0.717) is 29.1 Å². The molecule has 0 bridgehead atoms. The van der Waals surface area contributed by atoms with Crippen molar-refractivity contribution in [2.75, 3.05) is 0 Å². The van der Waals surface area contributed by atoms with Gasteiger partial charge in [0, 0.05) is 18.4 Å². The van der Waals surface area contributed by atoms with Crippen molar-refractivity contribution >= 4 is 23.2 Å². The van der Waals surface area contributed by atoms with Crippen LogP contribution in [-0.4, -0.2) is 22.1 Å². The Morgan fingerprint density at radius 1 is 1.00 bits per heavy atom. The van der Waals surface area contributed by atoms with Gasteiger partial charge < -0.3 is 9.72 Å². The number of carbonyl (C=O) groups excluding carboxylic acids is 1. The second kappa shape index (κ2) is 10.2. The second-order valence-corrected chi connectivity index (χ2v) is 7.14. The molecule has 7 heteroatoms. The molecule has 0 radical (unpaired) electrons. The van der Waals surface area contributed by atoms with Crippen molar-refractivity contribution in [1.82, 2.24) is 15.4 Å². The maximum atomic E-state index is 12.2. The number of para-hydroxylation sites is 3. The molecular weight excluding hydrogens is 404 g/mol. The summed E-state index contributed by atoms with van der Waals surface area (Å²) in [5.41, 5.74) is 5.69. The topological polar surface area (TPSA) is 96.4 Å². The average Bonchev–Trinajstić information content (AvgIpc) is 2.83. The van der Waals surface area contributed by atoms with E-state index in [1.165, 1.54) is 0 Å². The normalized spacial score (nSPS) is 11.0. The van der Waals surface area contributed by atoms with Crippen molar-refractivity contribution in [3.63, 3.8) is 0 Å². The van der Waals surface area contributed by atoms with Gasteiger partial charge in [-0.2, -0.15) is 5.10 Å².